The predicted octanol–water partition coefficient (Wildman–Crippen LogP) is 2.87. The average Bonchev–Trinajstić information content (AvgIpc) is 3.12. The highest BCUT2D eigenvalue weighted by atomic mass is 32.2. The minimum absolute atomic E-state index is 0.0586. The number of hydrogen-bond acceptors (Lipinski definition) is 6. The highest BCUT2D eigenvalue weighted by Gasteiger charge is 2.48. The van der Waals surface area contributed by atoms with Crippen molar-refractivity contribution in [1.29, 1.82) is 0 Å². The number of sulfonamides is 1. The maximum absolute atomic E-state index is 13.9. The Labute approximate surface area is 174 Å². The van der Waals surface area contributed by atoms with Gasteiger partial charge in [-0.1, -0.05) is 12.1 Å². The maximum atomic E-state index is 13.9. The number of hydrogen-bond donors (Lipinski definition) is 2. The normalized spacial score (nSPS) is 19.4. The molecular weight excluding hydrogens is 446 g/mol. The van der Waals surface area contributed by atoms with Gasteiger partial charge in [0.05, 0.1) is 15.4 Å². The molecule has 1 saturated heterocycles. The lowest BCUT2D eigenvalue weighted by Gasteiger charge is -2.31. The van der Waals surface area contributed by atoms with E-state index < -0.39 is 54.4 Å². The van der Waals surface area contributed by atoms with E-state index in [2.05, 4.69) is 10.1 Å². The van der Waals surface area contributed by atoms with Crippen LogP contribution in [0.1, 0.15) is 23.1 Å². The average molecular weight is 463 g/mol. The van der Waals surface area contributed by atoms with Crippen molar-refractivity contribution in [2.75, 3.05) is 13.1 Å². The lowest BCUT2D eigenvalue weighted by atomic mass is 9.72. The number of nitro benzene ring substituents is 1. The van der Waals surface area contributed by atoms with Crippen molar-refractivity contribution < 1.29 is 35.6 Å². The Kier molecular flexibility index (Phi) is 5.71. The van der Waals surface area contributed by atoms with Crippen molar-refractivity contribution in [1.82, 2.24) is 5.32 Å². The van der Waals surface area contributed by atoms with Gasteiger partial charge in [-0.3, -0.25) is 10.1 Å². The third kappa shape index (κ3) is 4.34. The summed E-state index contributed by atoms with van der Waals surface area (Å²) < 4.78 is 81.0. The number of aryl methyl sites for hydroxylation is 1. The molecule has 1 unspecified atom stereocenters. The zero-order valence-corrected chi connectivity index (χ0v) is 16.8. The van der Waals surface area contributed by atoms with Gasteiger partial charge in [0.25, 0.3) is 0 Å². The molecule has 3 N–H and O–H groups in total. The molecule has 168 valence electrons. The maximum Gasteiger partial charge on any atom is 0.573 e. The summed E-state index contributed by atoms with van der Waals surface area (Å²) in [6.45, 7) is 1.64. The number of nitrogens with zero attached hydrogens (tertiary/aromatic N) is 1. The van der Waals surface area contributed by atoms with Crippen LogP contribution >= 0.6 is 0 Å². The number of primary sulfonamides is 1. The monoisotopic (exact) mass is 463 g/mol. The van der Waals surface area contributed by atoms with Gasteiger partial charge >= 0.3 is 12.0 Å². The van der Waals surface area contributed by atoms with Crippen LogP contribution in [-0.4, -0.2) is 32.8 Å². The summed E-state index contributed by atoms with van der Waals surface area (Å²) in [5, 5.41) is 20.1. The molecule has 0 saturated carbocycles. The third-order valence-corrected chi connectivity index (χ3v) is 6.12. The highest BCUT2D eigenvalue weighted by molar-refractivity contribution is 7.89. The van der Waals surface area contributed by atoms with Gasteiger partial charge in [0.1, 0.15) is 5.82 Å². The van der Waals surface area contributed by atoms with Gasteiger partial charge in [0, 0.05) is 12.0 Å². The van der Waals surface area contributed by atoms with E-state index in [0.717, 1.165) is 12.1 Å². The Bertz CT molecular complexity index is 1150. The van der Waals surface area contributed by atoms with E-state index in [9.17, 15) is 36.1 Å². The van der Waals surface area contributed by atoms with Crippen molar-refractivity contribution in [3.8, 4) is 5.75 Å². The largest absolute Gasteiger partial charge is 0.573 e. The Morgan fingerprint density at radius 3 is 2.42 bits per heavy atom. The summed E-state index contributed by atoms with van der Waals surface area (Å²) in [5.74, 6) is -1.75. The van der Waals surface area contributed by atoms with E-state index >= 15 is 0 Å². The van der Waals surface area contributed by atoms with Crippen LogP contribution in [-0.2, 0) is 15.4 Å². The number of ether oxygens (including phenoxy) is 1. The van der Waals surface area contributed by atoms with Crippen LogP contribution in [0.3, 0.4) is 0 Å². The Balaban J connectivity index is 2.45. The fourth-order valence-electron chi connectivity index (χ4n) is 3.88. The first-order valence-corrected chi connectivity index (χ1v) is 10.4. The summed E-state index contributed by atoms with van der Waals surface area (Å²) in [7, 11) is -4.59. The molecule has 0 radical (unpaired) electrons. The summed E-state index contributed by atoms with van der Waals surface area (Å²) in [6.07, 6.45) is -5.18. The third-order valence-electron chi connectivity index (χ3n) is 5.16. The molecule has 31 heavy (non-hydrogen) atoms. The van der Waals surface area contributed by atoms with Crippen molar-refractivity contribution in [3.63, 3.8) is 0 Å². The van der Waals surface area contributed by atoms with Crippen molar-refractivity contribution in [3.05, 3.63) is 63.0 Å². The van der Waals surface area contributed by atoms with Gasteiger partial charge in [-0.15, -0.1) is 13.2 Å². The standard InChI is InChI=1S/C18H17F4N3O5S/c1-10-8-11(2-3-12(10)19)17(6-7-24-9-17)15-14(31(23,28)29)5-4-13(16(15)25(26)27)30-18(20,21)22/h2-5,8,24H,6-7,9H2,1H3,(H2,23,28,29). The molecule has 1 aliphatic heterocycles. The summed E-state index contributed by atoms with van der Waals surface area (Å²) >= 11 is 0. The Morgan fingerprint density at radius 1 is 1.26 bits per heavy atom. The second kappa shape index (κ2) is 7.73. The van der Waals surface area contributed by atoms with Crippen molar-refractivity contribution in [2.45, 2.75) is 30.0 Å². The molecule has 13 heteroatoms. The number of nitrogens with one attached hydrogen (secondary N) is 1. The quantitative estimate of drug-likeness (QED) is 0.399. The van der Waals surface area contributed by atoms with Crippen LogP contribution in [0.25, 0.3) is 0 Å². The Hall–Kier alpha value is -2.77. The minimum Gasteiger partial charge on any atom is -0.398 e. The lowest BCUT2D eigenvalue weighted by Crippen LogP contribution is -2.34. The molecule has 2 aromatic rings. The summed E-state index contributed by atoms with van der Waals surface area (Å²) in [6, 6.07) is 5.07. The van der Waals surface area contributed by atoms with Gasteiger partial charge in [0.2, 0.25) is 15.8 Å². The van der Waals surface area contributed by atoms with Crippen LogP contribution in [0.2, 0.25) is 0 Å². The lowest BCUT2D eigenvalue weighted by molar-refractivity contribution is -0.390. The van der Waals surface area contributed by atoms with E-state index in [4.69, 9.17) is 5.14 Å². The second-order valence-corrected chi connectivity index (χ2v) is 8.64. The fourth-order valence-corrected chi connectivity index (χ4v) is 4.71. The van der Waals surface area contributed by atoms with Gasteiger partial charge in [-0.2, -0.15) is 0 Å². The van der Waals surface area contributed by atoms with Gasteiger partial charge < -0.3 is 10.1 Å². The van der Waals surface area contributed by atoms with Crippen LogP contribution < -0.4 is 15.2 Å². The second-order valence-electron chi connectivity index (χ2n) is 7.11. The highest BCUT2D eigenvalue weighted by Crippen LogP contribution is 2.49. The summed E-state index contributed by atoms with van der Waals surface area (Å²) in [4.78, 5) is 10.1. The minimum atomic E-state index is -5.27. The zero-order valence-electron chi connectivity index (χ0n) is 16.0. The Morgan fingerprint density at radius 2 is 1.94 bits per heavy atom. The van der Waals surface area contributed by atoms with E-state index in [1.165, 1.54) is 19.1 Å². The van der Waals surface area contributed by atoms with Crippen LogP contribution in [0.15, 0.2) is 35.2 Å². The molecule has 0 spiro atoms. The number of halogens is 4. The molecule has 0 amide bonds. The number of nitrogens with two attached hydrogens (primary N) is 1. The topological polar surface area (TPSA) is 125 Å². The first-order chi connectivity index (χ1) is 14.3. The molecule has 1 fully saturated rings. The summed E-state index contributed by atoms with van der Waals surface area (Å²) in [5.41, 5.74) is -2.74. The SMILES string of the molecule is Cc1cc(C2(c3c(S(N)(=O)=O)ccc(OC(F)(F)F)c3[N+](=O)[O-])CCNC2)ccc1F. The number of benzene rings is 2. The molecule has 3 rings (SSSR count). The molecule has 1 heterocycles. The molecule has 2 aromatic carbocycles. The first-order valence-electron chi connectivity index (χ1n) is 8.84. The molecule has 1 atom stereocenters. The molecule has 0 aliphatic carbocycles. The van der Waals surface area contributed by atoms with Crippen molar-refractivity contribution >= 4 is 15.7 Å². The predicted molar refractivity (Wildman–Crippen MR) is 101 cm³/mol. The van der Waals surface area contributed by atoms with Crippen LogP contribution in [0.5, 0.6) is 5.75 Å². The number of alkyl halides is 3. The van der Waals surface area contributed by atoms with Crippen LogP contribution in [0.4, 0.5) is 23.2 Å². The first kappa shape index (κ1) is 22.9. The van der Waals surface area contributed by atoms with E-state index in [1.807, 2.05) is 0 Å². The van der Waals surface area contributed by atoms with Crippen molar-refractivity contribution in [2.24, 2.45) is 5.14 Å². The van der Waals surface area contributed by atoms with Gasteiger partial charge in [0.15, 0.2) is 0 Å². The number of nitro groups is 1. The van der Waals surface area contributed by atoms with E-state index in [0.29, 0.717) is 6.07 Å². The van der Waals surface area contributed by atoms with E-state index in [1.54, 1.807) is 0 Å². The van der Waals surface area contributed by atoms with E-state index in [-0.39, 0.29) is 30.6 Å². The molecular formula is C18H17F4N3O5S. The molecule has 1 aliphatic rings. The molecule has 0 bridgehead atoms. The van der Waals surface area contributed by atoms with Gasteiger partial charge in [-0.05, 0) is 49.2 Å². The smallest absolute Gasteiger partial charge is 0.398 e. The number of rotatable bonds is 5. The fraction of sp³-hybridized carbons (Fsp3) is 0.333. The molecule has 0 aromatic heterocycles. The van der Waals surface area contributed by atoms with Gasteiger partial charge in [-0.25, -0.2) is 17.9 Å². The van der Waals surface area contributed by atoms with Crippen LogP contribution in [0, 0.1) is 22.9 Å². The zero-order chi connectivity index (χ0) is 23.2. The molecule has 8 nitrogen and oxygen atoms in total.